The van der Waals surface area contributed by atoms with Gasteiger partial charge >= 0.3 is 0 Å². The Balaban J connectivity index is 1.34. The molecular weight excluding hydrogens is 700 g/mol. The Kier molecular flexibility index (Phi) is 6.91. The molecule has 6 aliphatic rings. The van der Waals surface area contributed by atoms with Gasteiger partial charge in [-0.15, -0.1) is 0 Å². The summed E-state index contributed by atoms with van der Waals surface area (Å²) >= 11 is 7.94. The van der Waals surface area contributed by atoms with Gasteiger partial charge in [-0.25, -0.2) is 0 Å². The first kappa shape index (κ1) is 29.7. The third-order valence-electron chi connectivity index (χ3n) is 14.2. The number of rotatable bonds is 2. The van der Waals surface area contributed by atoms with Gasteiger partial charge in [0.2, 0.25) is 0 Å². The molecule has 240 valence electrons. The number of benzene rings is 4. The normalized spacial score (nSPS) is 28.8. The van der Waals surface area contributed by atoms with E-state index in [1.165, 1.54) is 119 Å². The van der Waals surface area contributed by atoms with E-state index in [-0.39, 0.29) is 5.41 Å². The number of halogens is 2. The van der Waals surface area contributed by atoms with Crippen molar-refractivity contribution in [2.45, 2.75) is 120 Å². The lowest BCUT2D eigenvalue weighted by atomic mass is 9.68. The summed E-state index contributed by atoms with van der Waals surface area (Å²) in [6, 6.07) is 25.4. The fraction of sp³-hybridized carbons (Fsp3) is 0.467. The van der Waals surface area contributed by atoms with Crippen molar-refractivity contribution in [2.75, 3.05) is 0 Å². The van der Waals surface area contributed by atoms with E-state index in [0.29, 0.717) is 23.7 Å². The van der Waals surface area contributed by atoms with E-state index in [1.807, 2.05) is 0 Å². The van der Waals surface area contributed by atoms with E-state index in [0.717, 1.165) is 11.8 Å². The molecule has 0 nitrogen and oxygen atoms in total. The minimum atomic E-state index is -0.295. The standard InChI is InChI=1S/C45H46Br2/c1-3-27-15-25-7-5-9-29(17-25)37-23-43-39(21-35(27)37)40-22-36-28(4-2)16-26-8-6-10-30(18-26)38(36)24-44(40)45(43)41-19-31(46)11-13-33(41)34-14-12-32(47)20-42(34)45/h11-14,19-30H,3-10,15-18H2,1-2H3. The van der Waals surface area contributed by atoms with Gasteiger partial charge in [-0.1, -0.05) is 108 Å². The van der Waals surface area contributed by atoms with Crippen molar-refractivity contribution in [1.82, 2.24) is 0 Å². The van der Waals surface area contributed by atoms with Gasteiger partial charge in [-0.05, 0) is 178 Å². The van der Waals surface area contributed by atoms with Crippen molar-refractivity contribution in [1.29, 1.82) is 0 Å². The average molecular weight is 747 g/mol. The Labute approximate surface area is 298 Å². The summed E-state index contributed by atoms with van der Waals surface area (Å²) < 4.78 is 2.37. The Morgan fingerprint density at radius 3 is 1.40 bits per heavy atom. The fourth-order valence-corrected chi connectivity index (χ4v) is 12.9. The van der Waals surface area contributed by atoms with Gasteiger partial charge in [0, 0.05) is 8.95 Å². The molecule has 2 saturated carbocycles. The second-order valence-corrected chi connectivity index (χ2v) is 18.2. The minimum Gasteiger partial charge on any atom is -0.0648 e. The summed E-state index contributed by atoms with van der Waals surface area (Å²) in [6.07, 6.45) is 16.4. The zero-order chi connectivity index (χ0) is 31.6. The topological polar surface area (TPSA) is 0 Å². The van der Waals surface area contributed by atoms with Crippen LogP contribution in [-0.4, -0.2) is 0 Å². The highest BCUT2D eigenvalue weighted by Crippen LogP contribution is 2.66. The van der Waals surface area contributed by atoms with Gasteiger partial charge in [-0.2, -0.15) is 0 Å². The number of hydrogen-bond donors (Lipinski definition) is 0. The molecule has 0 radical (unpaired) electrons. The maximum Gasteiger partial charge on any atom is 0.0726 e. The van der Waals surface area contributed by atoms with E-state index in [1.54, 1.807) is 33.4 Å². The van der Waals surface area contributed by atoms with Crippen LogP contribution in [0.1, 0.15) is 159 Å². The third-order valence-corrected chi connectivity index (χ3v) is 15.1. The predicted molar refractivity (Wildman–Crippen MR) is 203 cm³/mol. The van der Waals surface area contributed by atoms with Crippen LogP contribution in [0.4, 0.5) is 0 Å². The molecule has 0 aliphatic heterocycles. The number of hydrogen-bond acceptors (Lipinski definition) is 0. The second kappa shape index (κ2) is 10.9. The summed E-state index contributed by atoms with van der Waals surface area (Å²) in [5.74, 6) is 4.55. The minimum absolute atomic E-state index is 0.295. The van der Waals surface area contributed by atoms with Crippen molar-refractivity contribution in [3.8, 4) is 22.3 Å². The maximum atomic E-state index is 3.97. The molecule has 1 spiro atoms. The first-order valence-corrected chi connectivity index (χ1v) is 20.5. The van der Waals surface area contributed by atoms with Crippen molar-refractivity contribution < 1.29 is 0 Å². The summed E-state index contributed by atoms with van der Waals surface area (Å²) in [5, 5.41) is 0. The molecule has 6 aliphatic carbocycles. The average Bonchev–Trinajstić information content (AvgIpc) is 3.45. The molecule has 0 aromatic heterocycles. The molecule has 0 heterocycles. The van der Waals surface area contributed by atoms with Crippen LogP contribution in [0.15, 0.2) is 69.6 Å². The maximum absolute atomic E-state index is 3.97. The molecule has 2 heteroatoms. The molecule has 4 bridgehead atoms. The quantitative estimate of drug-likeness (QED) is 0.166. The zero-order valence-corrected chi connectivity index (χ0v) is 31.2. The van der Waals surface area contributed by atoms with Crippen LogP contribution in [0.2, 0.25) is 0 Å². The third kappa shape index (κ3) is 4.16. The van der Waals surface area contributed by atoms with Crippen molar-refractivity contribution in [3.63, 3.8) is 0 Å². The van der Waals surface area contributed by atoms with Crippen LogP contribution in [0.25, 0.3) is 22.3 Å². The van der Waals surface area contributed by atoms with Crippen LogP contribution in [-0.2, 0) is 5.41 Å². The molecule has 10 rings (SSSR count). The molecule has 0 amide bonds. The van der Waals surface area contributed by atoms with Gasteiger partial charge in [0.05, 0.1) is 5.41 Å². The largest absolute Gasteiger partial charge is 0.0726 e. The van der Waals surface area contributed by atoms with E-state index >= 15 is 0 Å². The summed E-state index contributed by atoms with van der Waals surface area (Å²) in [7, 11) is 0. The zero-order valence-electron chi connectivity index (χ0n) is 28.0. The summed E-state index contributed by atoms with van der Waals surface area (Å²) in [4.78, 5) is 0. The van der Waals surface area contributed by atoms with Gasteiger partial charge < -0.3 is 0 Å². The molecule has 2 fully saturated rings. The van der Waals surface area contributed by atoms with Gasteiger partial charge in [-0.3, -0.25) is 0 Å². The lowest BCUT2D eigenvalue weighted by Gasteiger charge is -2.33. The smallest absolute Gasteiger partial charge is 0.0648 e. The van der Waals surface area contributed by atoms with E-state index in [4.69, 9.17) is 0 Å². The molecule has 0 saturated heterocycles. The van der Waals surface area contributed by atoms with E-state index < -0.39 is 0 Å². The van der Waals surface area contributed by atoms with Crippen molar-refractivity contribution in [2.24, 2.45) is 11.8 Å². The summed E-state index contributed by atoms with van der Waals surface area (Å²) in [6.45, 7) is 4.91. The summed E-state index contributed by atoms with van der Waals surface area (Å²) in [5.41, 5.74) is 18.5. The Morgan fingerprint density at radius 2 is 0.957 bits per heavy atom. The molecule has 6 atom stereocenters. The monoisotopic (exact) mass is 744 g/mol. The van der Waals surface area contributed by atoms with Crippen LogP contribution >= 0.6 is 31.9 Å². The van der Waals surface area contributed by atoms with Crippen LogP contribution in [0.3, 0.4) is 0 Å². The molecule has 6 unspecified atom stereocenters. The molecule has 4 aromatic carbocycles. The highest BCUT2D eigenvalue weighted by Gasteiger charge is 2.53. The molecular formula is C45H46Br2. The van der Waals surface area contributed by atoms with Crippen molar-refractivity contribution in [3.05, 3.63) is 114 Å². The van der Waals surface area contributed by atoms with Crippen LogP contribution in [0, 0.1) is 11.8 Å². The van der Waals surface area contributed by atoms with Crippen molar-refractivity contribution >= 4 is 31.9 Å². The molecule has 0 N–H and O–H groups in total. The van der Waals surface area contributed by atoms with Gasteiger partial charge in [0.15, 0.2) is 0 Å². The van der Waals surface area contributed by atoms with Gasteiger partial charge in [0.1, 0.15) is 0 Å². The predicted octanol–water partition coefficient (Wildman–Crippen LogP) is 13.9. The first-order valence-electron chi connectivity index (χ1n) is 18.9. The SMILES string of the molecule is CCC1CC2CCCC(C2)c2cc3c(cc21)-c1cc2c(cc1C31c3cc(Br)ccc3-c3ccc(Br)cc31)C1CCCC(CC2CC)C1. The molecule has 47 heavy (non-hydrogen) atoms. The Hall–Kier alpha value is -2.16. The number of fused-ring (bicyclic) bond motifs is 18. The fourth-order valence-electron chi connectivity index (χ4n) is 12.1. The lowest BCUT2D eigenvalue weighted by molar-refractivity contribution is 0.302. The van der Waals surface area contributed by atoms with Crippen LogP contribution < -0.4 is 0 Å². The first-order chi connectivity index (χ1) is 23.0. The Morgan fingerprint density at radius 1 is 0.511 bits per heavy atom. The van der Waals surface area contributed by atoms with Gasteiger partial charge in [0.25, 0.3) is 0 Å². The van der Waals surface area contributed by atoms with E-state index in [2.05, 4.69) is 106 Å². The highest BCUT2D eigenvalue weighted by molar-refractivity contribution is 9.10. The second-order valence-electron chi connectivity index (χ2n) is 16.3. The highest BCUT2D eigenvalue weighted by atomic mass is 79.9. The van der Waals surface area contributed by atoms with E-state index in [9.17, 15) is 0 Å². The van der Waals surface area contributed by atoms with Crippen LogP contribution in [0.5, 0.6) is 0 Å². The Bertz CT molecular complexity index is 1810. The molecule has 4 aromatic rings. The lowest BCUT2D eigenvalue weighted by Crippen LogP contribution is -2.27.